The number of rotatable bonds is 6. The smallest absolute Gasteiger partial charge is 0.136 e. The standard InChI is InChI=1S/C13H15FN2S2/c14-12-5-1-2-6-13(12)18-9-10(16-15)8-11-4-3-7-17-11/h1-7,10,16H,8-9,15H2. The summed E-state index contributed by atoms with van der Waals surface area (Å²) in [4.78, 5) is 1.95. The maximum Gasteiger partial charge on any atom is 0.136 e. The van der Waals surface area contributed by atoms with Crippen LogP contribution in [0, 0.1) is 5.82 Å². The second kappa shape index (κ2) is 6.89. The fraction of sp³-hybridized carbons (Fsp3) is 0.231. The van der Waals surface area contributed by atoms with Crippen LogP contribution in [-0.4, -0.2) is 11.8 Å². The van der Waals surface area contributed by atoms with Crippen LogP contribution in [0.15, 0.2) is 46.7 Å². The number of benzene rings is 1. The van der Waals surface area contributed by atoms with Crippen molar-refractivity contribution in [3.8, 4) is 0 Å². The van der Waals surface area contributed by atoms with E-state index in [0.29, 0.717) is 4.90 Å². The van der Waals surface area contributed by atoms with Crippen molar-refractivity contribution in [3.63, 3.8) is 0 Å². The van der Waals surface area contributed by atoms with Gasteiger partial charge in [-0.2, -0.15) is 0 Å². The Labute approximate surface area is 114 Å². The summed E-state index contributed by atoms with van der Waals surface area (Å²) in [6.45, 7) is 0. The number of hydrazine groups is 1. The minimum absolute atomic E-state index is 0.147. The number of halogens is 1. The first-order chi connectivity index (χ1) is 8.79. The Kier molecular flexibility index (Phi) is 5.19. The molecule has 1 atom stereocenters. The molecule has 1 unspecified atom stereocenters. The lowest BCUT2D eigenvalue weighted by Gasteiger charge is -2.14. The van der Waals surface area contributed by atoms with Gasteiger partial charge in [-0.1, -0.05) is 18.2 Å². The zero-order valence-corrected chi connectivity index (χ0v) is 11.4. The molecule has 2 rings (SSSR count). The van der Waals surface area contributed by atoms with E-state index in [1.807, 2.05) is 17.5 Å². The quantitative estimate of drug-likeness (QED) is 0.486. The largest absolute Gasteiger partial charge is 0.271 e. The van der Waals surface area contributed by atoms with E-state index in [1.165, 1.54) is 22.7 Å². The Morgan fingerprint density at radius 2 is 2.11 bits per heavy atom. The van der Waals surface area contributed by atoms with Crippen LogP contribution in [-0.2, 0) is 6.42 Å². The summed E-state index contributed by atoms with van der Waals surface area (Å²) in [5, 5.41) is 2.05. The molecule has 0 aliphatic carbocycles. The maximum absolute atomic E-state index is 13.5. The molecule has 2 aromatic rings. The predicted octanol–water partition coefficient (Wildman–Crippen LogP) is 3.05. The molecule has 1 heterocycles. The molecule has 0 fully saturated rings. The lowest BCUT2D eigenvalue weighted by atomic mass is 10.2. The van der Waals surface area contributed by atoms with Gasteiger partial charge in [-0.15, -0.1) is 23.1 Å². The van der Waals surface area contributed by atoms with E-state index in [4.69, 9.17) is 5.84 Å². The van der Waals surface area contributed by atoms with E-state index in [2.05, 4.69) is 11.5 Å². The zero-order valence-electron chi connectivity index (χ0n) is 9.80. The molecular formula is C13H15FN2S2. The number of nitrogens with one attached hydrogen (secondary N) is 1. The van der Waals surface area contributed by atoms with Gasteiger partial charge in [0, 0.05) is 21.6 Å². The topological polar surface area (TPSA) is 38.0 Å². The highest BCUT2D eigenvalue weighted by Crippen LogP contribution is 2.23. The van der Waals surface area contributed by atoms with Crippen molar-refractivity contribution in [2.45, 2.75) is 17.4 Å². The van der Waals surface area contributed by atoms with Crippen molar-refractivity contribution in [1.82, 2.24) is 5.43 Å². The second-order valence-electron chi connectivity index (χ2n) is 3.89. The fourth-order valence-electron chi connectivity index (χ4n) is 1.59. The van der Waals surface area contributed by atoms with E-state index < -0.39 is 0 Å². The van der Waals surface area contributed by atoms with E-state index in [-0.39, 0.29) is 11.9 Å². The number of thioether (sulfide) groups is 1. The van der Waals surface area contributed by atoms with Crippen LogP contribution in [0.2, 0.25) is 0 Å². The fourth-order valence-corrected chi connectivity index (χ4v) is 3.35. The maximum atomic E-state index is 13.5. The van der Waals surface area contributed by atoms with Gasteiger partial charge in [0.05, 0.1) is 0 Å². The average molecular weight is 282 g/mol. The van der Waals surface area contributed by atoms with Crippen LogP contribution in [0.3, 0.4) is 0 Å². The molecular weight excluding hydrogens is 267 g/mol. The van der Waals surface area contributed by atoms with Gasteiger partial charge >= 0.3 is 0 Å². The van der Waals surface area contributed by atoms with E-state index >= 15 is 0 Å². The zero-order chi connectivity index (χ0) is 12.8. The van der Waals surface area contributed by atoms with Gasteiger partial charge in [-0.25, -0.2) is 4.39 Å². The molecule has 0 bridgehead atoms. The van der Waals surface area contributed by atoms with Crippen LogP contribution in [0.5, 0.6) is 0 Å². The number of hydrogen-bond acceptors (Lipinski definition) is 4. The van der Waals surface area contributed by atoms with Crippen LogP contribution in [0.25, 0.3) is 0 Å². The highest BCUT2D eigenvalue weighted by molar-refractivity contribution is 7.99. The minimum Gasteiger partial charge on any atom is -0.271 e. The van der Waals surface area contributed by atoms with Crippen molar-refractivity contribution in [1.29, 1.82) is 0 Å². The molecule has 2 nitrogen and oxygen atoms in total. The summed E-state index contributed by atoms with van der Waals surface area (Å²) in [6, 6.07) is 11.1. The molecule has 0 aliphatic rings. The predicted molar refractivity (Wildman–Crippen MR) is 76.3 cm³/mol. The highest BCUT2D eigenvalue weighted by Gasteiger charge is 2.10. The first-order valence-corrected chi connectivity index (χ1v) is 7.52. The minimum atomic E-state index is -0.172. The Bertz CT molecular complexity index is 474. The van der Waals surface area contributed by atoms with Crippen molar-refractivity contribution >= 4 is 23.1 Å². The molecule has 0 radical (unpaired) electrons. The van der Waals surface area contributed by atoms with Gasteiger partial charge in [0.1, 0.15) is 5.82 Å². The lowest BCUT2D eigenvalue weighted by Crippen LogP contribution is -2.38. The van der Waals surface area contributed by atoms with Crippen molar-refractivity contribution in [3.05, 3.63) is 52.5 Å². The number of nitrogens with two attached hydrogens (primary N) is 1. The SMILES string of the molecule is NNC(CSc1ccccc1F)Cc1cccs1. The number of hydrogen-bond donors (Lipinski definition) is 2. The number of thiophene rings is 1. The molecule has 0 amide bonds. The molecule has 0 aliphatic heterocycles. The molecule has 0 saturated heterocycles. The van der Waals surface area contributed by atoms with Gasteiger partial charge < -0.3 is 0 Å². The van der Waals surface area contributed by atoms with Crippen molar-refractivity contribution < 1.29 is 4.39 Å². The van der Waals surface area contributed by atoms with E-state index in [9.17, 15) is 4.39 Å². The van der Waals surface area contributed by atoms with Gasteiger partial charge in [0.25, 0.3) is 0 Å². The molecule has 0 saturated carbocycles. The molecule has 18 heavy (non-hydrogen) atoms. The Morgan fingerprint density at radius 3 is 2.78 bits per heavy atom. The normalized spacial score (nSPS) is 12.6. The van der Waals surface area contributed by atoms with Crippen molar-refractivity contribution in [2.24, 2.45) is 5.84 Å². The van der Waals surface area contributed by atoms with Crippen molar-refractivity contribution in [2.75, 3.05) is 5.75 Å². The molecule has 0 spiro atoms. The van der Waals surface area contributed by atoms with E-state index in [0.717, 1.165) is 12.2 Å². The summed E-state index contributed by atoms with van der Waals surface area (Å²) in [5.74, 6) is 6.11. The Balaban J connectivity index is 1.89. The molecule has 1 aromatic heterocycles. The highest BCUT2D eigenvalue weighted by atomic mass is 32.2. The van der Waals surface area contributed by atoms with Gasteiger partial charge in [-0.3, -0.25) is 11.3 Å². The van der Waals surface area contributed by atoms with Gasteiger partial charge in [-0.05, 0) is 30.0 Å². The summed E-state index contributed by atoms with van der Waals surface area (Å²) in [7, 11) is 0. The van der Waals surface area contributed by atoms with Crippen LogP contribution in [0.4, 0.5) is 4.39 Å². The summed E-state index contributed by atoms with van der Waals surface area (Å²) < 4.78 is 13.5. The third-order valence-corrected chi connectivity index (χ3v) is 4.65. The summed E-state index contributed by atoms with van der Waals surface area (Å²) in [6.07, 6.45) is 0.871. The first-order valence-electron chi connectivity index (χ1n) is 5.65. The second-order valence-corrected chi connectivity index (χ2v) is 5.98. The summed E-state index contributed by atoms with van der Waals surface area (Å²) in [5.41, 5.74) is 2.79. The van der Waals surface area contributed by atoms with Crippen LogP contribution >= 0.6 is 23.1 Å². The van der Waals surface area contributed by atoms with Gasteiger partial charge in [0.15, 0.2) is 0 Å². The molecule has 5 heteroatoms. The monoisotopic (exact) mass is 282 g/mol. The third kappa shape index (κ3) is 3.81. The van der Waals surface area contributed by atoms with E-state index in [1.54, 1.807) is 23.5 Å². The Morgan fingerprint density at radius 1 is 1.28 bits per heavy atom. The third-order valence-electron chi connectivity index (χ3n) is 2.54. The summed E-state index contributed by atoms with van der Waals surface area (Å²) >= 11 is 3.20. The van der Waals surface area contributed by atoms with Gasteiger partial charge in [0.2, 0.25) is 0 Å². The van der Waals surface area contributed by atoms with Crippen LogP contribution in [0.1, 0.15) is 4.88 Å². The lowest BCUT2D eigenvalue weighted by molar-refractivity contribution is 0.576. The Hall–Kier alpha value is -0.880. The molecule has 96 valence electrons. The first kappa shape index (κ1) is 13.5. The molecule has 1 aromatic carbocycles. The molecule has 3 N–H and O–H groups in total. The van der Waals surface area contributed by atoms with Crippen LogP contribution < -0.4 is 11.3 Å². The average Bonchev–Trinajstić information content (AvgIpc) is 2.89.